The van der Waals surface area contributed by atoms with E-state index in [0.29, 0.717) is 29.2 Å². The molecule has 0 radical (unpaired) electrons. The Balaban J connectivity index is 1.42. The fraction of sp³-hybridized carbons (Fsp3) is 0.382. The van der Waals surface area contributed by atoms with Gasteiger partial charge in [0.15, 0.2) is 5.60 Å². The van der Waals surface area contributed by atoms with Gasteiger partial charge in [0.05, 0.1) is 31.4 Å². The number of hydrogen-bond acceptors (Lipinski definition) is 6. The van der Waals surface area contributed by atoms with E-state index in [0.717, 1.165) is 5.56 Å². The van der Waals surface area contributed by atoms with Crippen molar-refractivity contribution in [3.8, 4) is 0 Å². The van der Waals surface area contributed by atoms with Crippen LogP contribution in [0.2, 0.25) is 18.6 Å². The summed E-state index contributed by atoms with van der Waals surface area (Å²) in [7, 11) is -3.54. The molecule has 2 saturated heterocycles. The topological polar surface area (TPSA) is 99.6 Å². The van der Waals surface area contributed by atoms with E-state index in [1.165, 1.54) is 4.90 Å². The Morgan fingerprint density at radius 2 is 1.73 bits per heavy atom. The summed E-state index contributed by atoms with van der Waals surface area (Å²) in [4.78, 5) is 45.7. The average Bonchev–Trinajstić information content (AvgIpc) is 3.65. The molecule has 45 heavy (non-hydrogen) atoms. The number of hydrogen-bond donors (Lipinski definition) is 1. The molecule has 11 heteroatoms. The van der Waals surface area contributed by atoms with Gasteiger partial charge in [-0.1, -0.05) is 55.5 Å². The molecule has 6 rings (SSSR count). The molecule has 0 unspecified atom stereocenters. The number of aliphatic hydroxyl groups is 1. The third-order valence-corrected chi connectivity index (χ3v) is 11.7. The molecule has 2 fully saturated rings. The summed E-state index contributed by atoms with van der Waals surface area (Å²) in [5, 5.41) is 9.77. The van der Waals surface area contributed by atoms with Gasteiger partial charge in [0.1, 0.15) is 6.61 Å². The second-order valence-electron chi connectivity index (χ2n) is 12.4. The number of cyclic esters (lactones) is 1. The minimum Gasteiger partial charge on any atom is -0.447 e. The van der Waals surface area contributed by atoms with Crippen molar-refractivity contribution in [1.82, 2.24) is 4.90 Å². The molecular formula is C34H38FN3O6Si. The van der Waals surface area contributed by atoms with Crippen LogP contribution < -0.4 is 9.80 Å². The molecule has 1 N–H and O–H groups in total. The van der Waals surface area contributed by atoms with E-state index in [-0.39, 0.29) is 44.5 Å². The number of ether oxygens (including phenoxy) is 2. The number of benzene rings is 3. The zero-order chi connectivity index (χ0) is 31.9. The van der Waals surface area contributed by atoms with E-state index in [4.69, 9.17) is 9.47 Å². The van der Waals surface area contributed by atoms with Gasteiger partial charge in [0, 0.05) is 41.5 Å². The zero-order valence-corrected chi connectivity index (χ0v) is 26.7. The third-order valence-electron chi connectivity index (χ3n) is 9.25. The Kier molecular flexibility index (Phi) is 8.27. The van der Waals surface area contributed by atoms with E-state index in [2.05, 4.69) is 0 Å². The normalized spacial score (nSPS) is 24.3. The Labute approximate surface area is 263 Å². The number of anilines is 3. The highest BCUT2D eigenvalue weighted by Crippen LogP contribution is 2.61. The minimum atomic E-state index is -3.54. The van der Waals surface area contributed by atoms with Gasteiger partial charge in [-0.3, -0.25) is 19.4 Å². The number of amides is 3. The first-order chi connectivity index (χ1) is 21.6. The zero-order valence-electron chi connectivity index (χ0n) is 25.7. The number of fused-ring (bicyclic) bond motifs is 2. The number of halogens is 1. The molecule has 3 aromatic carbocycles. The summed E-state index contributed by atoms with van der Waals surface area (Å²) in [6.45, 7) is 5.82. The first-order valence-corrected chi connectivity index (χ1v) is 18.3. The van der Waals surface area contributed by atoms with Crippen LogP contribution in [0, 0.1) is 5.92 Å². The molecule has 1 spiro atoms. The average molecular weight is 632 g/mol. The predicted molar refractivity (Wildman–Crippen MR) is 170 cm³/mol. The van der Waals surface area contributed by atoms with Crippen LogP contribution in [0.5, 0.6) is 0 Å². The fourth-order valence-electron chi connectivity index (χ4n) is 7.31. The van der Waals surface area contributed by atoms with E-state index < -0.39 is 37.7 Å². The lowest BCUT2D eigenvalue weighted by molar-refractivity contribution is -0.149. The van der Waals surface area contributed by atoms with Crippen molar-refractivity contribution in [3.05, 3.63) is 90.0 Å². The number of carbonyl (C=O) groups excluding carboxylic acids is 3. The lowest BCUT2D eigenvalue weighted by atomic mass is 9.82. The van der Waals surface area contributed by atoms with Crippen molar-refractivity contribution in [2.75, 3.05) is 36.1 Å². The standard InChI is InChI=1S/C34H38FN3O6Si/c1-23-31(45(2,3)35)29(21-30(40)36(16-18-39)22-24-10-6-4-7-11-24)44-34(23)27-20-26(37-17-19-43-33(37)42)14-15-28(27)38(32(34)41)25-12-8-5-9-13-25/h4-15,20,23,29,31,39H,16-19,21-22H2,1-3H3/t23-,29+,31-,34+/m0/s1. The van der Waals surface area contributed by atoms with Crippen molar-refractivity contribution in [1.29, 1.82) is 0 Å². The summed E-state index contributed by atoms with van der Waals surface area (Å²) in [5.74, 6) is -1.26. The summed E-state index contributed by atoms with van der Waals surface area (Å²) in [6.07, 6.45) is -1.51. The van der Waals surface area contributed by atoms with Crippen molar-refractivity contribution in [3.63, 3.8) is 0 Å². The molecule has 0 aliphatic carbocycles. The highest BCUT2D eigenvalue weighted by atomic mass is 28.4. The van der Waals surface area contributed by atoms with Crippen molar-refractivity contribution in [2.45, 2.75) is 50.2 Å². The minimum absolute atomic E-state index is 0.112. The van der Waals surface area contributed by atoms with Crippen LogP contribution in [0.25, 0.3) is 0 Å². The predicted octanol–water partition coefficient (Wildman–Crippen LogP) is 5.51. The van der Waals surface area contributed by atoms with E-state index in [1.807, 2.05) is 67.6 Å². The van der Waals surface area contributed by atoms with Crippen molar-refractivity contribution in [2.24, 2.45) is 5.92 Å². The Morgan fingerprint density at radius 3 is 2.36 bits per heavy atom. The smallest absolute Gasteiger partial charge is 0.414 e. The maximum absolute atomic E-state index is 16.4. The third kappa shape index (κ3) is 5.42. The molecule has 3 aromatic rings. The Bertz CT molecular complexity index is 1590. The van der Waals surface area contributed by atoms with Gasteiger partial charge in [-0.05, 0) is 49.0 Å². The van der Waals surface area contributed by atoms with Crippen LogP contribution in [0.3, 0.4) is 0 Å². The number of para-hydroxylation sites is 1. The molecule has 3 aliphatic rings. The molecule has 4 atom stereocenters. The van der Waals surface area contributed by atoms with Gasteiger partial charge in [0.2, 0.25) is 14.3 Å². The number of rotatable bonds is 9. The highest BCUT2D eigenvalue weighted by molar-refractivity contribution is 6.72. The van der Waals surface area contributed by atoms with Gasteiger partial charge in [0.25, 0.3) is 5.91 Å². The van der Waals surface area contributed by atoms with Crippen LogP contribution in [0.15, 0.2) is 78.9 Å². The van der Waals surface area contributed by atoms with Crippen LogP contribution in [0.4, 0.5) is 26.0 Å². The first-order valence-electron chi connectivity index (χ1n) is 15.3. The van der Waals surface area contributed by atoms with Gasteiger partial charge in [-0.15, -0.1) is 0 Å². The Hall–Kier alpha value is -4.06. The van der Waals surface area contributed by atoms with Gasteiger partial charge in [-0.2, -0.15) is 0 Å². The number of nitrogens with zero attached hydrogens (tertiary/aromatic N) is 3. The second kappa shape index (κ2) is 12.0. The van der Waals surface area contributed by atoms with E-state index >= 15 is 4.11 Å². The molecule has 0 saturated carbocycles. The summed E-state index contributed by atoms with van der Waals surface area (Å²) < 4.78 is 28.4. The molecule has 236 valence electrons. The monoisotopic (exact) mass is 631 g/mol. The van der Waals surface area contributed by atoms with Gasteiger partial charge < -0.3 is 23.6 Å². The SMILES string of the molecule is C[C@H]1[C@H]([Si](C)(C)F)[C@@H](CC(=O)N(CCO)Cc2ccccc2)O[C@]12C(=O)N(c1ccccc1)c1ccc(N3CCOC3=O)cc12. The summed E-state index contributed by atoms with van der Waals surface area (Å²) >= 11 is 0. The molecular weight excluding hydrogens is 593 g/mol. The molecule has 9 nitrogen and oxygen atoms in total. The van der Waals surface area contributed by atoms with Crippen LogP contribution in [-0.2, 0) is 31.2 Å². The van der Waals surface area contributed by atoms with Crippen LogP contribution >= 0.6 is 0 Å². The van der Waals surface area contributed by atoms with Crippen molar-refractivity contribution < 1.29 is 33.1 Å². The molecule has 0 aromatic heterocycles. The first kappa shape index (κ1) is 30.9. The molecule has 3 heterocycles. The van der Waals surface area contributed by atoms with E-state index in [9.17, 15) is 19.5 Å². The maximum Gasteiger partial charge on any atom is 0.414 e. The quantitative estimate of drug-likeness (QED) is 0.247. The Morgan fingerprint density at radius 1 is 1.04 bits per heavy atom. The fourth-order valence-corrected chi connectivity index (χ4v) is 9.80. The van der Waals surface area contributed by atoms with Gasteiger partial charge in [-0.25, -0.2) is 4.79 Å². The van der Waals surface area contributed by atoms with Crippen LogP contribution in [0.1, 0.15) is 24.5 Å². The molecule has 3 aliphatic heterocycles. The van der Waals surface area contributed by atoms with E-state index in [1.54, 1.807) is 41.1 Å². The summed E-state index contributed by atoms with van der Waals surface area (Å²) in [5.41, 5.74) is 0.938. The van der Waals surface area contributed by atoms with Crippen LogP contribution in [-0.4, -0.2) is 68.7 Å². The number of aliphatic hydroxyl groups excluding tert-OH is 1. The maximum atomic E-state index is 16.4. The largest absolute Gasteiger partial charge is 0.447 e. The molecule has 0 bridgehead atoms. The summed E-state index contributed by atoms with van der Waals surface area (Å²) in [6, 6.07) is 24.0. The lowest BCUT2D eigenvalue weighted by Gasteiger charge is -2.31. The molecule has 3 amide bonds. The highest BCUT2D eigenvalue weighted by Gasteiger charge is 2.67. The number of carbonyl (C=O) groups is 3. The second-order valence-corrected chi connectivity index (χ2v) is 16.2. The lowest BCUT2D eigenvalue weighted by Crippen LogP contribution is -2.44. The van der Waals surface area contributed by atoms with Crippen molar-refractivity contribution >= 4 is 43.4 Å². The van der Waals surface area contributed by atoms with Gasteiger partial charge >= 0.3 is 6.09 Å².